The molecular formula is C15H15N3O7. The van der Waals surface area contributed by atoms with Gasteiger partial charge < -0.3 is 24.5 Å². The van der Waals surface area contributed by atoms with E-state index in [-0.39, 0.29) is 5.69 Å². The van der Waals surface area contributed by atoms with Gasteiger partial charge in [0, 0.05) is 12.1 Å². The van der Waals surface area contributed by atoms with Crippen molar-refractivity contribution in [1.29, 1.82) is 0 Å². The van der Waals surface area contributed by atoms with E-state index in [4.69, 9.17) is 14.2 Å². The summed E-state index contributed by atoms with van der Waals surface area (Å²) < 4.78 is 14.9. The normalized spacial score (nSPS) is 10.0. The number of hydrogen-bond donors (Lipinski definition) is 3. The van der Waals surface area contributed by atoms with Gasteiger partial charge in [-0.1, -0.05) is 0 Å². The number of ether oxygens (including phenoxy) is 3. The first-order valence-corrected chi connectivity index (χ1v) is 6.95. The summed E-state index contributed by atoms with van der Waals surface area (Å²) in [5, 5.41) is 2.50. The molecule has 0 atom stereocenters. The van der Waals surface area contributed by atoms with Crippen LogP contribution in [0.15, 0.2) is 33.9 Å². The fraction of sp³-hybridized carbons (Fsp3) is 0.200. The second kappa shape index (κ2) is 7.81. The fourth-order valence-corrected chi connectivity index (χ4v) is 1.89. The molecule has 1 aromatic carbocycles. The average Bonchev–Trinajstić information content (AvgIpc) is 2.58. The Morgan fingerprint density at radius 2 is 1.84 bits per heavy atom. The topological polar surface area (TPSA) is 140 Å². The van der Waals surface area contributed by atoms with E-state index in [1.54, 1.807) is 12.1 Å². The van der Waals surface area contributed by atoms with Gasteiger partial charge in [-0.15, -0.1) is 0 Å². The van der Waals surface area contributed by atoms with Crippen molar-refractivity contribution < 1.29 is 23.8 Å². The predicted octanol–water partition coefficient (Wildman–Crippen LogP) is -0.124. The first-order chi connectivity index (χ1) is 11.9. The first-order valence-electron chi connectivity index (χ1n) is 6.95. The van der Waals surface area contributed by atoms with Crippen LogP contribution in [-0.2, 0) is 9.53 Å². The van der Waals surface area contributed by atoms with E-state index in [0.29, 0.717) is 17.2 Å². The third-order valence-electron chi connectivity index (χ3n) is 3.00. The molecule has 132 valence electrons. The number of aromatic amines is 2. The van der Waals surface area contributed by atoms with Crippen molar-refractivity contribution in [2.24, 2.45) is 0 Å². The number of aromatic nitrogens is 2. The molecule has 3 N–H and O–H groups in total. The van der Waals surface area contributed by atoms with Crippen molar-refractivity contribution in [3.8, 4) is 11.5 Å². The Kier molecular flexibility index (Phi) is 5.56. The lowest BCUT2D eigenvalue weighted by molar-refractivity contribution is -0.119. The Morgan fingerprint density at radius 1 is 1.08 bits per heavy atom. The summed E-state index contributed by atoms with van der Waals surface area (Å²) >= 11 is 0. The minimum atomic E-state index is -1.02. The third-order valence-corrected chi connectivity index (χ3v) is 3.00. The number of benzene rings is 1. The summed E-state index contributed by atoms with van der Waals surface area (Å²) in [6.07, 6.45) is 0. The van der Waals surface area contributed by atoms with Crippen molar-refractivity contribution in [2.45, 2.75) is 0 Å². The molecule has 25 heavy (non-hydrogen) atoms. The van der Waals surface area contributed by atoms with Gasteiger partial charge in [0.25, 0.3) is 11.5 Å². The number of carbonyl (C=O) groups excluding carboxylic acids is 2. The first kappa shape index (κ1) is 17.8. The van der Waals surface area contributed by atoms with Crippen LogP contribution in [0.4, 0.5) is 5.69 Å². The van der Waals surface area contributed by atoms with E-state index < -0.39 is 29.7 Å². The molecular weight excluding hydrogens is 334 g/mol. The lowest BCUT2D eigenvalue weighted by Crippen LogP contribution is -2.27. The van der Waals surface area contributed by atoms with Gasteiger partial charge in [-0.25, -0.2) is 9.59 Å². The number of nitrogens with one attached hydrogen (secondary N) is 3. The zero-order chi connectivity index (χ0) is 18.4. The molecule has 0 unspecified atom stereocenters. The average molecular weight is 349 g/mol. The van der Waals surface area contributed by atoms with E-state index in [1.165, 1.54) is 20.3 Å². The minimum absolute atomic E-state index is 0.326. The molecule has 0 radical (unpaired) electrons. The molecule has 1 aromatic heterocycles. The molecule has 2 aromatic rings. The smallest absolute Gasteiger partial charge is 0.355 e. The molecule has 0 aliphatic rings. The maximum absolute atomic E-state index is 11.9. The van der Waals surface area contributed by atoms with Gasteiger partial charge in [0.05, 0.1) is 19.9 Å². The van der Waals surface area contributed by atoms with Crippen molar-refractivity contribution in [1.82, 2.24) is 9.97 Å². The molecule has 1 heterocycles. The van der Waals surface area contributed by atoms with E-state index in [1.807, 2.05) is 4.98 Å². The summed E-state index contributed by atoms with van der Waals surface area (Å²) in [7, 11) is 2.90. The van der Waals surface area contributed by atoms with Crippen molar-refractivity contribution in [3.63, 3.8) is 0 Å². The second-order valence-corrected chi connectivity index (χ2v) is 4.69. The number of rotatable bonds is 6. The van der Waals surface area contributed by atoms with Crippen LogP contribution >= 0.6 is 0 Å². The van der Waals surface area contributed by atoms with E-state index >= 15 is 0 Å². The predicted molar refractivity (Wildman–Crippen MR) is 86.1 cm³/mol. The second-order valence-electron chi connectivity index (χ2n) is 4.69. The molecule has 0 fully saturated rings. The van der Waals surface area contributed by atoms with Gasteiger partial charge in [0.15, 0.2) is 6.61 Å². The zero-order valence-electron chi connectivity index (χ0n) is 13.4. The van der Waals surface area contributed by atoms with Crippen LogP contribution in [0.3, 0.4) is 0 Å². The molecule has 10 heteroatoms. The number of hydrogen-bond acceptors (Lipinski definition) is 7. The molecule has 0 aliphatic carbocycles. The number of methoxy groups -OCH3 is 2. The van der Waals surface area contributed by atoms with Crippen LogP contribution in [0, 0.1) is 0 Å². The third kappa shape index (κ3) is 4.70. The standard InChI is InChI=1S/C15H15N3O7/c1-23-8-3-4-11(24-2)9(5-8)16-13(20)7-25-14(21)10-6-12(19)18-15(22)17-10/h3-6H,7H2,1-2H3,(H,16,20)(H2,17,18,19,22). The van der Waals surface area contributed by atoms with Crippen LogP contribution in [0.1, 0.15) is 10.5 Å². The fourth-order valence-electron chi connectivity index (χ4n) is 1.89. The number of esters is 1. The Balaban J connectivity index is 2.02. The molecule has 1 amide bonds. The summed E-state index contributed by atoms with van der Waals surface area (Å²) in [6.45, 7) is -0.631. The number of carbonyl (C=O) groups is 2. The van der Waals surface area contributed by atoms with Crippen LogP contribution in [0.2, 0.25) is 0 Å². The Bertz CT molecular complexity index is 872. The summed E-state index contributed by atoms with van der Waals surface area (Å²) in [5.74, 6) is -0.781. The van der Waals surface area contributed by atoms with Crippen LogP contribution in [-0.4, -0.2) is 42.7 Å². The Hall–Kier alpha value is -3.56. The highest BCUT2D eigenvalue weighted by molar-refractivity contribution is 5.95. The molecule has 10 nitrogen and oxygen atoms in total. The van der Waals surface area contributed by atoms with Crippen LogP contribution < -0.4 is 26.0 Å². The molecule has 0 spiro atoms. The summed E-state index contributed by atoms with van der Waals surface area (Å²) in [4.78, 5) is 49.9. The van der Waals surface area contributed by atoms with E-state index in [2.05, 4.69) is 10.3 Å². The quantitative estimate of drug-likeness (QED) is 0.617. The lowest BCUT2D eigenvalue weighted by atomic mass is 10.2. The van der Waals surface area contributed by atoms with Crippen molar-refractivity contribution in [3.05, 3.63) is 50.8 Å². The van der Waals surface area contributed by atoms with E-state index in [9.17, 15) is 19.2 Å². The highest BCUT2D eigenvalue weighted by Crippen LogP contribution is 2.28. The number of H-pyrrole nitrogens is 2. The highest BCUT2D eigenvalue weighted by Gasteiger charge is 2.14. The van der Waals surface area contributed by atoms with Gasteiger partial charge in [-0.2, -0.15) is 0 Å². The van der Waals surface area contributed by atoms with Gasteiger partial charge >= 0.3 is 11.7 Å². The summed E-state index contributed by atoms with van der Waals surface area (Å²) in [5.41, 5.74) is -1.65. The SMILES string of the molecule is COc1ccc(OC)c(NC(=O)COC(=O)c2cc(=O)[nH]c(=O)[nH]2)c1. The lowest BCUT2D eigenvalue weighted by Gasteiger charge is -2.11. The zero-order valence-corrected chi connectivity index (χ0v) is 13.4. The van der Waals surface area contributed by atoms with Crippen LogP contribution in [0.5, 0.6) is 11.5 Å². The number of amides is 1. The number of anilines is 1. The van der Waals surface area contributed by atoms with Gasteiger partial charge in [-0.3, -0.25) is 14.6 Å². The monoisotopic (exact) mass is 349 g/mol. The molecule has 0 bridgehead atoms. The molecule has 0 aliphatic heterocycles. The Morgan fingerprint density at radius 3 is 2.48 bits per heavy atom. The molecule has 2 rings (SSSR count). The van der Waals surface area contributed by atoms with Gasteiger partial charge in [0.2, 0.25) is 0 Å². The molecule has 0 saturated heterocycles. The van der Waals surface area contributed by atoms with Gasteiger partial charge in [0.1, 0.15) is 17.2 Å². The Labute approximate surface area is 140 Å². The summed E-state index contributed by atoms with van der Waals surface area (Å²) in [6, 6.07) is 5.64. The minimum Gasteiger partial charge on any atom is -0.497 e. The largest absolute Gasteiger partial charge is 0.497 e. The molecule has 0 saturated carbocycles. The van der Waals surface area contributed by atoms with Crippen LogP contribution in [0.25, 0.3) is 0 Å². The highest BCUT2D eigenvalue weighted by atomic mass is 16.5. The van der Waals surface area contributed by atoms with Crippen molar-refractivity contribution >= 4 is 17.6 Å². The van der Waals surface area contributed by atoms with E-state index in [0.717, 1.165) is 6.07 Å². The van der Waals surface area contributed by atoms with Crippen molar-refractivity contribution in [2.75, 3.05) is 26.1 Å². The maximum Gasteiger partial charge on any atom is 0.355 e. The maximum atomic E-state index is 11.9. The van der Waals surface area contributed by atoms with Gasteiger partial charge in [-0.05, 0) is 12.1 Å².